The fourth-order valence-electron chi connectivity index (χ4n) is 3.60. The van der Waals surface area contributed by atoms with Crippen LogP contribution >= 0.6 is 0 Å². The van der Waals surface area contributed by atoms with Crippen molar-refractivity contribution in [3.8, 4) is 5.75 Å². The van der Waals surface area contributed by atoms with Crippen LogP contribution in [0.4, 0.5) is 5.69 Å². The van der Waals surface area contributed by atoms with Gasteiger partial charge in [-0.1, -0.05) is 24.6 Å². The Morgan fingerprint density at radius 2 is 1.74 bits per heavy atom. The van der Waals surface area contributed by atoms with Gasteiger partial charge in [-0.05, 0) is 55.7 Å². The van der Waals surface area contributed by atoms with Gasteiger partial charge >= 0.3 is 11.8 Å². The number of anilines is 1. The third-order valence-electron chi connectivity index (χ3n) is 5.24. The standard InChI is InChI=1S/C22H27N3O5S/c1-30-19-10-12-20(13-11-19)31(28,29)25-16-6-5-9-18(25)14-15-23-21(26)22(27)24-17-7-3-2-4-8-17/h2-4,7-8,10-13,18H,5-6,9,14-16H2,1H3,(H,23,26)(H,24,27)/t18-/m1/s1. The molecule has 8 nitrogen and oxygen atoms in total. The minimum atomic E-state index is -3.66. The van der Waals surface area contributed by atoms with E-state index in [9.17, 15) is 18.0 Å². The Hall–Kier alpha value is -2.91. The van der Waals surface area contributed by atoms with Crippen LogP contribution in [0.15, 0.2) is 59.5 Å². The van der Waals surface area contributed by atoms with Crippen LogP contribution in [0.1, 0.15) is 25.7 Å². The second kappa shape index (κ2) is 10.4. The Kier molecular flexibility index (Phi) is 7.64. The van der Waals surface area contributed by atoms with E-state index in [2.05, 4.69) is 10.6 Å². The maximum Gasteiger partial charge on any atom is 0.313 e. The summed E-state index contributed by atoms with van der Waals surface area (Å²) in [6, 6.07) is 14.8. The molecule has 0 aromatic heterocycles. The van der Waals surface area contributed by atoms with Crippen LogP contribution in [0.2, 0.25) is 0 Å². The lowest BCUT2D eigenvalue weighted by Gasteiger charge is -2.34. The molecule has 0 bridgehead atoms. The molecule has 166 valence electrons. The third-order valence-corrected chi connectivity index (χ3v) is 7.21. The lowest BCUT2D eigenvalue weighted by atomic mass is 10.0. The SMILES string of the molecule is COc1ccc(S(=O)(=O)N2CCCC[C@@H]2CCNC(=O)C(=O)Nc2ccccc2)cc1. The summed E-state index contributed by atoms with van der Waals surface area (Å²) in [4.78, 5) is 24.3. The van der Waals surface area contributed by atoms with Crippen molar-refractivity contribution in [1.29, 1.82) is 0 Å². The Morgan fingerprint density at radius 3 is 2.42 bits per heavy atom. The molecular formula is C22H27N3O5S. The topological polar surface area (TPSA) is 105 Å². The van der Waals surface area contributed by atoms with Crippen molar-refractivity contribution >= 4 is 27.5 Å². The van der Waals surface area contributed by atoms with Gasteiger partial charge < -0.3 is 15.4 Å². The van der Waals surface area contributed by atoms with E-state index >= 15 is 0 Å². The van der Waals surface area contributed by atoms with Crippen molar-refractivity contribution in [2.45, 2.75) is 36.6 Å². The number of amides is 2. The fourth-order valence-corrected chi connectivity index (χ4v) is 5.33. The lowest BCUT2D eigenvalue weighted by Crippen LogP contribution is -2.45. The highest BCUT2D eigenvalue weighted by Crippen LogP contribution is 2.27. The Labute approximate surface area is 182 Å². The van der Waals surface area contributed by atoms with Crippen LogP contribution in [-0.4, -0.2) is 50.8 Å². The largest absolute Gasteiger partial charge is 0.497 e. The number of hydrogen-bond donors (Lipinski definition) is 2. The first-order valence-electron chi connectivity index (χ1n) is 10.2. The molecule has 1 aliphatic heterocycles. The fraction of sp³-hybridized carbons (Fsp3) is 0.364. The first kappa shape index (κ1) is 22.8. The number of carbonyl (C=O) groups is 2. The van der Waals surface area contributed by atoms with Crippen LogP contribution < -0.4 is 15.4 Å². The quantitative estimate of drug-likeness (QED) is 0.637. The van der Waals surface area contributed by atoms with Gasteiger partial charge in [-0.3, -0.25) is 9.59 Å². The van der Waals surface area contributed by atoms with Gasteiger partial charge in [0, 0.05) is 24.8 Å². The Bertz CT molecular complexity index is 994. The summed E-state index contributed by atoms with van der Waals surface area (Å²) >= 11 is 0. The number of nitrogens with one attached hydrogen (secondary N) is 2. The number of methoxy groups -OCH3 is 1. The maximum atomic E-state index is 13.1. The van der Waals surface area contributed by atoms with Gasteiger partial charge in [0.05, 0.1) is 12.0 Å². The molecule has 0 saturated carbocycles. The molecular weight excluding hydrogens is 418 g/mol. The van der Waals surface area contributed by atoms with E-state index in [-0.39, 0.29) is 17.5 Å². The van der Waals surface area contributed by atoms with Crippen molar-refractivity contribution in [3.05, 3.63) is 54.6 Å². The number of hydrogen-bond acceptors (Lipinski definition) is 5. The molecule has 0 spiro atoms. The lowest BCUT2D eigenvalue weighted by molar-refractivity contribution is -0.136. The van der Waals surface area contributed by atoms with E-state index in [4.69, 9.17) is 4.74 Å². The Balaban J connectivity index is 1.58. The highest BCUT2D eigenvalue weighted by atomic mass is 32.2. The molecule has 1 heterocycles. The summed E-state index contributed by atoms with van der Waals surface area (Å²) in [7, 11) is -2.13. The predicted molar refractivity (Wildman–Crippen MR) is 117 cm³/mol. The van der Waals surface area contributed by atoms with E-state index < -0.39 is 21.8 Å². The molecule has 2 amide bonds. The van der Waals surface area contributed by atoms with Gasteiger partial charge in [-0.2, -0.15) is 4.31 Å². The summed E-state index contributed by atoms with van der Waals surface area (Å²) in [6.45, 7) is 0.641. The number of sulfonamides is 1. The van der Waals surface area contributed by atoms with E-state index in [1.807, 2.05) is 6.07 Å². The Morgan fingerprint density at radius 1 is 1.03 bits per heavy atom. The number of rotatable bonds is 7. The van der Waals surface area contributed by atoms with Crippen LogP contribution in [0.5, 0.6) is 5.75 Å². The van der Waals surface area contributed by atoms with Crippen molar-refractivity contribution < 1.29 is 22.7 Å². The summed E-state index contributed by atoms with van der Waals surface area (Å²) in [5, 5.41) is 5.11. The summed E-state index contributed by atoms with van der Waals surface area (Å²) in [5.74, 6) is -0.910. The summed E-state index contributed by atoms with van der Waals surface area (Å²) < 4.78 is 32.9. The van der Waals surface area contributed by atoms with Crippen LogP contribution in [-0.2, 0) is 19.6 Å². The first-order valence-corrected chi connectivity index (χ1v) is 11.7. The number of ether oxygens (including phenoxy) is 1. The van der Waals surface area contributed by atoms with Gasteiger partial charge in [-0.15, -0.1) is 0 Å². The zero-order valence-corrected chi connectivity index (χ0v) is 18.2. The summed E-state index contributed by atoms with van der Waals surface area (Å²) in [5.41, 5.74) is 0.534. The van der Waals surface area contributed by atoms with Crippen molar-refractivity contribution in [2.75, 3.05) is 25.5 Å². The second-order valence-corrected chi connectivity index (χ2v) is 9.20. The van der Waals surface area contributed by atoms with Gasteiger partial charge in [0.2, 0.25) is 10.0 Å². The average molecular weight is 446 g/mol. The highest BCUT2D eigenvalue weighted by Gasteiger charge is 2.33. The molecule has 1 aliphatic rings. The molecule has 31 heavy (non-hydrogen) atoms. The van der Waals surface area contributed by atoms with Gasteiger partial charge in [-0.25, -0.2) is 8.42 Å². The minimum absolute atomic E-state index is 0.209. The predicted octanol–water partition coefficient (Wildman–Crippen LogP) is 2.38. The zero-order valence-electron chi connectivity index (χ0n) is 17.4. The van der Waals surface area contributed by atoms with E-state index in [1.54, 1.807) is 36.4 Å². The molecule has 0 radical (unpaired) electrons. The van der Waals surface area contributed by atoms with Gasteiger partial charge in [0.15, 0.2) is 0 Å². The molecule has 2 aromatic carbocycles. The van der Waals surface area contributed by atoms with Gasteiger partial charge in [0.1, 0.15) is 5.75 Å². The molecule has 3 rings (SSSR count). The number of nitrogens with zero attached hydrogens (tertiary/aromatic N) is 1. The van der Waals surface area contributed by atoms with Crippen LogP contribution in [0, 0.1) is 0 Å². The molecule has 9 heteroatoms. The zero-order chi connectivity index (χ0) is 22.3. The molecule has 1 atom stereocenters. The van der Waals surface area contributed by atoms with Crippen molar-refractivity contribution in [3.63, 3.8) is 0 Å². The van der Waals surface area contributed by atoms with Crippen LogP contribution in [0.25, 0.3) is 0 Å². The first-order chi connectivity index (χ1) is 14.9. The second-order valence-electron chi connectivity index (χ2n) is 7.31. The normalized spacial score (nSPS) is 17.0. The monoisotopic (exact) mass is 445 g/mol. The number of piperidine rings is 1. The number of benzene rings is 2. The molecule has 1 saturated heterocycles. The van der Waals surface area contributed by atoms with Gasteiger partial charge in [0.25, 0.3) is 0 Å². The third kappa shape index (κ3) is 5.83. The molecule has 2 aromatic rings. The van der Waals surface area contributed by atoms with E-state index in [1.165, 1.54) is 23.5 Å². The number of carbonyl (C=O) groups excluding carboxylic acids is 2. The molecule has 2 N–H and O–H groups in total. The van der Waals surface area contributed by atoms with Crippen LogP contribution in [0.3, 0.4) is 0 Å². The van der Waals surface area contributed by atoms with E-state index in [0.717, 1.165) is 12.8 Å². The molecule has 0 unspecified atom stereocenters. The summed E-state index contributed by atoms with van der Waals surface area (Å²) in [6.07, 6.45) is 2.85. The average Bonchev–Trinajstić information content (AvgIpc) is 2.80. The van der Waals surface area contributed by atoms with E-state index in [0.29, 0.717) is 30.8 Å². The number of para-hydroxylation sites is 1. The smallest absolute Gasteiger partial charge is 0.313 e. The van der Waals surface area contributed by atoms with Crippen molar-refractivity contribution in [1.82, 2.24) is 9.62 Å². The van der Waals surface area contributed by atoms with Crippen molar-refractivity contribution in [2.24, 2.45) is 0 Å². The highest BCUT2D eigenvalue weighted by molar-refractivity contribution is 7.89. The minimum Gasteiger partial charge on any atom is -0.497 e. The molecule has 1 fully saturated rings. The molecule has 0 aliphatic carbocycles. The maximum absolute atomic E-state index is 13.1.